The molecule has 0 fully saturated rings. The van der Waals surface area contributed by atoms with Crippen LogP contribution in [0.3, 0.4) is 0 Å². The highest BCUT2D eigenvalue weighted by atomic mass is 16.6. The fourth-order valence-electron chi connectivity index (χ4n) is 2.15. The maximum absolute atomic E-state index is 11.9. The number of urea groups is 1. The highest BCUT2D eigenvalue weighted by molar-refractivity contribution is 6.02. The minimum atomic E-state index is -0.815. The Bertz CT molecular complexity index is 868. The Morgan fingerprint density at radius 1 is 1.11 bits per heavy atom. The third kappa shape index (κ3) is 4.91. The fraction of sp³-hybridized carbons (Fsp3) is 0.235. The van der Waals surface area contributed by atoms with Crippen LogP contribution in [0.25, 0.3) is 0 Å². The number of nitrogens with zero attached hydrogens (tertiary/aromatic N) is 2. The van der Waals surface area contributed by atoms with Crippen molar-refractivity contribution >= 4 is 23.6 Å². The minimum absolute atomic E-state index is 0.0332. The quantitative estimate of drug-likeness (QED) is 0.763. The van der Waals surface area contributed by atoms with Gasteiger partial charge >= 0.3 is 12.0 Å². The van der Waals surface area contributed by atoms with E-state index in [0.29, 0.717) is 36.1 Å². The maximum atomic E-state index is 11.9. The van der Waals surface area contributed by atoms with Crippen molar-refractivity contribution in [1.82, 2.24) is 15.3 Å². The van der Waals surface area contributed by atoms with Crippen LogP contribution in [0, 0.1) is 6.92 Å². The van der Waals surface area contributed by atoms with Crippen molar-refractivity contribution in [2.75, 3.05) is 25.1 Å². The van der Waals surface area contributed by atoms with Gasteiger partial charge in [0.1, 0.15) is 13.2 Å². The highest BCUT2D eigenvalue weighted by Crippen LogP contribution is 2.32. The molecule has 2 N–H and O–H groups in total. The van der Waals surface area contributed by atoms with Gasteiger partial charge in [0, 0.05) is 18.0 Å². The topological polar surface area (TPSA) is 129 Å². The summed E-state index contributed by atoms with van der Waals surface area (Å²) in [6.07, 6.45) is 2.64. The first-order valence-corrected chi connectivity index (χ1v) is 7.97. The lowest BCUT2D eigenvalue weighted by atomic mass is 10.2. The lowest BCUT2D eigenvalue weighted by Gasteiger charge is -2.19. The van der Waals surface area contributed by atoms with Crippen molar-refractivity contribution in [3.63, 3.8) is 0 Å². The summed E-state index contributed by atoms with van der Waals surface area (Å²) < 4.78 is 15.6. The summed E-state index contributed by atoms with van der Waals surface area (Å²) in [5.74, 6) is -0.531. The van der Waals surface area contributed by atoms with Crippen LogP contribution in [-0.2, 0) is 9.53 Å². The molecule has 10 heteroatoms. The van der Waals surface area contributed by atoms with Crippen LogP contribution in [0.1, 0.15) is 16.2 Å². The number of anilines is 1. The van der Waals surface area contributed by atoms with E-state index in [1.165, 1.54) is 12.4 Å². The molecule has 0 saturated carbocycles. The molecule has 3 rings (SSSR count). The Balaban J connectivity index is 1.47. The predicted molar refractivity (Wildman–Crippen MR) is 91.6 cm³/mol. The highest BCUT2D eigenvalue weighted by Gasteiger charge is 2.15. The summed E-state index contributed by atoms with van der Waals surface area (Å²) in [7, 11) is 0. The Morgan fingerprint density at radius 3 is 2.63 bits per heavy atom. The van der Waals surface area contributed by atoms with Crippen LogP contribution >= 0.6 is 0 Å². The van der Waals surface area contributed by atoms with E-state index < -0.39 is 24.5 Å². The molecule has 0 saturated heterocycles. The number of imide groups is 1. The fourth-order valence-corrected chi connectivity index (χ4v) is 2.15. The van der Waals surface area contributed by atoms with Crippen LogP contribution in [-0.4, -0.2) is 47.7 Å². The van der Waals surface area contributed by atoms with Gasteiger partial charge in [-0.2, -0.15) is 0 Å². The van der Waals surface area contributed by atoms with Gasteiger partial charge in [0.2, 0.25) is 0 Å². The molecular weight excluding hydrogens is 356 g/mol. The lowest BCUT2D eigenvalue weighted by Crippen LogP contribution is -2.37. The Labute approximate surface area is 153 Å². The normalized spacial score (nSPS) is 12.0. The van der Waals surface area contributed by atoms with Gasteiger partial charge in [-0.05, 0) is 19.1 Å². The Morgan fingerprint density at radius 2 is 1.89 bits per heavy atom. The molecular formula is C17H16N4O6. The van der Waals surface area contributed by atoms with Gasteiger partial charge in [-0.1, -0.05) is 0 Å². The number of ether oxygens (including phenoxy) is 3. The van der Waals surface area contributed by atoms with E-state index in [1.807, 2.05) is 0 Å². The summed E-state index contributed by atoms with van der Waals surface area (Å²) in [4.78, 5) is 43.1. The molecule has 0 spiro atoms. The number of amides is 3. The van der Waals surface area contributed by atoms with Gasteiger partial charge in [0.05, 0.1) is 11.9 Å². The summed E-state index contributed by atoms with van der Waals surface area (Å²) in [5, 5.41) is 4.53. The van der Waals surface area contributed by atoms with Crippen molar-refractivity contribution < 1.29 is 28.6 Å². The number of aryl methyl sites for hydroxylation is 1. The van der Waals surface area contributed by atoms with E-state index in [2.05, 4.69) is 20.6 Å². The molecule has 140 valence electrons. The first-order chi connectivity index (χ1) is 13.0. The number of esters is 1. The van der Waals surface area contributed by atoms with E-state index in [9.17, 15) is 14.4 Å². The summed E-state index contributed by atoms with van der Waals surface area (Å²) in [5.41, 5.74) is 1.02. The number of rotatable bonds is 4. The zero-order valence-electron chi connectivity index (χ0n) is 14.4. The number of aromatic nitrogens is 2. The molecule has 1 aromatic heterocycles. The Hall–Kier alpha value is -3.69. The second-order valence-electron chi connectivity index (χ2n) is 5.48. The van der Waals surface area contributed by atoms with Crippen molar-refractivity contribution in [2.24, 2.45) is 0 Å². The van der Waals surface area contributed by atoms with Crippen LogP contribution in [0.15, 0.2) is 30.6 Å². The zero-order chi connectivity index (χ0) is 19.2. The average molecular weight is 372 g/mol. The first kappa shape index (κ1) is 18.1. The molecule has 0 bridgehead atoms. The zero-order valence-corrected chi connectivity index (χ0v) is 14.4. The monoisotopic (exact) mass is 372 g/mol. The number of hydrogen-bond donors (Lipinski definition) is 2. The van der Waals surface area contributed by atoms with E-state index in [1.54, 1.807) is 25.1 Å². The van der Waals surface area contributed by atoms with Gasteiger partial charge in [-0.3, -0.25) is 15.1 Å². The molecule has 0 unspecified atom stereocenters. The van der Waals surface area contributed by atoms with Gasteiger partial charge < -0.3 is 19.5 Å². The van der Waals surface area contributed by atoms with Crippen molar-refractivity contribution in [1.29, 1.82) is 0 Å². The molecule has 1 aliphatic rings. The molecule has 0 radical (unpaired) electrons. The van der Waals surface area contributed by atoms with Crippen molar-refractivity contribution in [2.45, 2.75) is 6.92 Å². The van der Waals surface area contributed by atoms with Crippen molar-refractivity contribution in [3.8, 4) is 11.5 Å². The SMILES string of the molecule is Cc1cnc(C(=O)OCC(=O)NC(=O)Nc2ccc3c(c2)OCCO3)cn1. The predicted octanol–water partition coefficient (Wildman–Crippen LogP) is 1.06. The molecule has 0 aliphatic carbocycles. The van der Waals surface area contributed by atoms with Gasteiger partial charge in [0.25, 0.3) is 5.91 Å². The van der Waals surface area contributed by atoms with Gasteiger partial charge in [-0.25, -0.2) is 14.6 Å². The van der Waals surface area contributed by atoms with E-state index in [4.69, 9.17) is 14.2 Å². The van der Waals surface area contributed by atoms with E-state index >= 15 is 0 Å². The minimum Gasteiger partial charge on any atom is -0.486 e. The Kier molecular flexibility index (Phi) is 5.45. The number of benzene rings is 1. The summed E-state index contributed by atoms with van der Waals surface area (Å²) in [6.45, 7) is 1.96. The van der Waals surface area contributed by atoms with E-state index in [0.717, 1.165) is 0 Å². The smallest absolute Gasteiger partial charge is 0.359 e. The second kappa shape index (κ2) is 8.13. The van der Waals surface area contributed by atoms with Crippen LogP contribution in [0.4, 0.5) is 10.5 Å². The first-order valence-electron chi connectivity index (χ1n) is 7.97. The molecule has 2 aromatic rings. The molecule has 3 amide bonds. The van der Waals surface area contributed by atoms with Gasteiger partial charge in [-0.15, -0.1) is 0 Å². The molecule has 10 nitrogen and oxygen atoms in total. The number of carbonyl (C=O) groups excluding carboxylic acids is 3. The van der Waals surface area contributed by atoms with E-state index in [-0.39, 0.29) is 5.69 Å². The largest absolute Gasteiger partial charge is 0.486 e. The maximum Gasteiger partial charge on any atom is 0.359 e. The lowest BCUT2D eigenvalue weighted by molar-refractivity contribution is -0.123. The van der Waals surface area contributed by atoms with Crippen LogP contribution < -0.4 is 20.1 Å². The summed E-state index contributed by atoms with van der Waals surface area (Å²) >= 11 is 0. The molecule has 27 heavy (non-hydrogen) atoms. The molecule has 1 aromatic carbocycles. The standard InChI is InChI=1S/C17H16N4O6/c1-10-7-19-12(8-18-10)16(23)27-9-15(22)21-17(24)20-11-2-3-13-14(6-11)26-5-4-25-13/h2-3,6-8H,4-5,9H2,1H3,(H2,20,21,22,24). The third-order valence-corrected chi connectivity index (χ3v) is 3.38. The number of nitrogens with one attached hydrogen (secondary N) is 2. The van der Waals surface area contributed by atoms with Gasteiger partial charge in [0.15, 0.2) is 23.8 Å². The second-order valence-corrected chi connectivity index (χ2v) is 5.48. The number of carbonyl (C=O) groups is 3. The van der Waals surface area contributed by atoms with Crippen molar-refractivity contribution in [3.05, 3.63) is 42.0 Å². The van der Waals surface area contributed by atoms with Crippen LogP contribution in [0.2, 0.25) is 0 Å². The molecule has 1 aliphatic heterocycles. The molecule has 0 atom stereocenters. The third-order valence-electron chi connectivity index (χ3n) is 3.38. The van der Waals surface area contributed by atoms with Crippen LogP contribution in [0.5, 0.6) is 11.5 Å². The number of fused-ring (bicyclic) bond motifs is 1. The average Bonchev–Trinajstić information content (AvgIpc) is 2.66. The molecule has 2 heterocycles. The number of hydrogen-bond acceptors (Lipinski definition) is 8. The summed E-state index contributed by atoms with van der Waals surface area (Å²) in [6, 6.07) is 4.06.